The highest BCUT2D eigenvalue weighted by atomic mass is 14.0. The van der Waals surface area contributed by atoms with E-state index in [1.165, 1.54) is 6.42 Å². The molecule has 0 saturated heterocycles. The van der Waals surface area contributed by atoms with Crippen molar-refractivity contribution >= 4 is 0 Å². The fourth-order valence-corrected chi connectivity index (χ4v) is 0.922. The molecule has 0 heterocycles. The van der Waals surface area contributed by atoms with Crippen molar-refractivity contribution in [1.82, 2.24) is 0 Å². The van der Waals surface area contributed by atoms with Crippen molar-refractivity contribution in [2.45, 2.75) is 19.8 Å². The van der Waals surface area contributed by atoms with Crippen molar-refractivity contribution in [2.24, 2.45) is 5.92 Å². The topological polar surface area (TPSA) is 0 Å². The minimum absolute atomic E-state index is 0.726. The third kappa shape index (κ3) is 1.22. The van der Waals surface area contributed by atoms with Crippen LogP contribution in [-0.4, -0.2) is 0 Å². The lowest BCUT2D eigenvalue weighted by Crippen LogP contribution is -1.90. The summed E-state index contributed by atoms with van der Waals surface area (Å²) in [5.41, 5.74) is 0. The lowest BCUT2D eigenvalue weighted by Gasteiger charge is -2.05. The molecule has 0 aromatic rings. The average Bonchev–Trinajstić information content (AvgIpc) is 1.90. The lowest BCUT2D eigenvalue weighted by atomic mass is 10.0. The molecule has 1 rings (SSSR count). The summed E-state index contributed by atoms with van der Waals surface area (Å²) >= 11 is 0. The van der Waals surface area contributed by atoms with Crippen LogP contribution in [0.3, 0.4) is 0 Å². The van der Waals surface area contributed by atoms with Gasteiger partial charge in [0.1, 0.15) is 0 Å². The highest BCUT2D eigenvalue weighted by molar-refractivity contribution is 5.08. The Bertz CT molecular complexity index is 97.2. The van der Waals surface area contributed by atoms with E-state index in [9.17, 15) is 0 Å². The molecule has 0 heteroatoms. The van der Waals surface area contributed by atoms with Crippen LogP contribution in [-0.2, 0) is 0 Å². The van der Waals surface area contributed by atoms with E-state index in [0.29, 0.717) is 0 Å². The predicted octanol–water partition coefficient (Wildman–Crippen LogP) is 2.53. The molecule has 0 atom stereocenters. The zero-order chi connectivity index (χ0) is 5.82. The summed E-state index contributed by atoms with van der Waals surface area (Å²) in [6.07, 6.45) is 11.4. The fourth-order valence-electron chi connectivity index (χ4n) is 0.922. The van der Waals surface area contributed by atoms with Gasteiger partial charge in [-0.1, -0.05) is 31.2 Å². The smallest absolute Gasteiger partial charge is 0.00559 e. The van der Waals surface area contributed by atoms with E-state index in [2.05, 4.69) is 31.2 Å². The summed E-state index contributed by atoms with van der Waals surface area (Å²) in [5.74, 6) is 0.726. The highest BCUT2D eigenvalue weighted by Crippen LogP contribution is 2.11. The van der Waals surface area contributed by atoms with Crippen molar-refractivity contribution < 1.29 is 0 Å². The third-order valence-corrected chi connectivity index (χ3v) is 1.51. The van der Waals surface area contributed by atoms with Crippen LogP contribution in [0.2, 0.25) is 0 Å². The molecular formula is C8H12. The molecule has 0 spiro atoms. The van der Waals surface area contributed by atoms with Gasteiger partial charge in [0.05, 0.1) is 0 Å². The zero-order valence-electron chi connectivity index (χ0n) is 5.30. The van der Waals surface area contributed by atoms with Gasteiger partial charge < -0.3 is 0 Å². The third-order valence-electron chi connectivity index (χ3n) is 1.51. The van der Waals surface area contributed by atoms with Crippen LogP contribution in [0.5, 0.6) is 0 Å². The van der Waals surface area contributed by atoms with Gasteiger partial charge in [0.15, 0.2) is 0 Å². The first kappa shape index (κ1) is 5.61. The van der Waals surface area contributed by atoms with Crippen molar-refractivity contribution in [3.8, 4) is 0 Å². The van der Waals surface area contributed by atoms with Gasteiger partial charge in [-0.3, -0.25) is 0 Å². The Balaban J connectivity index is 2.42. The summed E-state index contributed by atoms with van der Waals surface area (Å²) < 4.78 is 0. The normalized spacial score (nSPS) is 19.6. The maximum absolute atomic E-state index is 2.28. The van der Waals surface area contributed by atoms with E-state index in [-0.39, 0.29) is 0 Å². The molecule has 0 aliphatic heterocycles. The molecule has 0 N–H and O–H groups in total. The Morgan fingerprint density at radius 1 is 1.38 bits per heavy atom. The van der Waals surface area contributed by atoms with Crippen LogP contribution < -0.4 is 0 Å². The lowest BCUT2D eigenvalue weighted by molar-refractivity contribution is 0.760. The van der Waals surface area contributed by atoms with Crippen LogP contribution >= 0.6 is 0 Å². The molecule has 0 amide bonds. The van der Waals surface area contributed by atoms with E-state index >= 15 is 0 Å². The van der Waals surface area contributed by atoms with Gasteiger partial charge in [-0.15, -0.1) is 0 Å². The minimum Gasteiger partial charge on any atom is -0.0842 e. The van der Waals surface area contributed by atoms with E-state index in [1.54, 1.807) is 0 Å². The summed E-state index contributed by atoms with van der Waals surface area (Å²) in [7, 11) is 0. The molecule has 0 fully saturated rings. The predicted molar refractivity (Wildman–Crippen MR) is 36.7 cm³/mol. The average molecular weight is 108 g/mol. The van der Waals surface area contributed by atoms with Crippen LogP contribution in [0, 0.1) is 5.92 Å². The molecule has 8 heavy (non-hydrogen) atoms. The van der Waals surface area contributed by atoms with E-state index in [4.69, 9.17) is 0 Å². The summed E-state index contributed by atoms with van der Waals surface area (Å²) in [5, 5.41) is 0. The minimum atomic E-state index is 0.726. The molecule has 44 valence electrons. The first-order valence-corrected chi connectivity index (χ1v) is 3.27. The Labute approximate surface area is 50.9 Å². The quantitative estimate of drug-likeness (QED) is 0.453. The van der Waals surface area contributed by atoms with Gasteiger partial charge >= 0.3 is 0 Å². The Hall–Kier alpha value is -0.520. The molecule has 0 nitrogen and oxygen atoms in total. The standard InChI is InChI=1S/C8H12/c1-2-8-6-4-3-5-7-8/h4-8H,2-3H2,1H3. The fraction of sp³-hybridized carbons (Fsp3) is 0.500. The Morgan fingerprint density at radius 3 is 2.38 bits per heavy atom. The Morgan fingerprint density at radius 2 is 2.00 bits per heavy atom. The monoisotopic (exact) mass is 108 g/mol. The van der Waals surface area contributed by atoms with Gasteiger partial charge in [0.2, 0.25) is 0 Å². The summed E-state index contributed by atoms with van der Waals surface area (Å²) in [6, 6.07) is 0. The second kappa shape index (κ2) is 2.71. The molecule has 0 saturated carbocycles. The van der Waals surface area contributed by atoms with Gasteiger partial charge in [0, 0.05) is 0 Å². The van der Waals surface area contributed by atoms with Crippen LogP contribution in [0.25, 0.3) is 0 Å². The zero-order valence-corrected chi connectivity index (χ0v) is 5.30. The van der Waals surface area contributed by atoms with Crippen molar-refractivity contribution in [1.29, 1.82) is 0 Å². The SMILES string of the molecule is CCC1C=CCC=C1. The van der Waals surface area contributed by atoms with Crippen LogP contribution in [0.1, 0.15) is 19.8 Å². The Kier molecular flexibility index (Phi) is 1.90. The van der Waals surface area contributed by atoms with Gasteiger partial charge in [-0.2, -0.15) is 0 Å². The van der Waals surface area contributed by atoms with Gasteiger partial charge in [-0.25, -0.2) is 0 Å². The number of allylic oxidation sites excluding steroid dienone is 4. The van der Waals surface area contributed by atoms with Crippen LogP contribution in [0.4, 0.5) is 0 Å². The number of hydrogen-bond donors (Lipinski definition) is 0. The molecular weight excluding hydrogens is 96.1 g/mol. The second-order valence-electron chi connectivity index (χ2n) is 2.16. The van der Waals surface area contributed by atoms with E-state index < -0.39 is 0 Å². The number of hydrogen-bond acceptors (Lipinski definition) is 0. The molecule has 0 radical (unpaired) electrons. The molecule has 0 unspecified atom stereocenters. The highest BCUT2D eigenvalue weighted by Gasteiger charge is 1.96. The molecule has 1 aliphatic carbocycles. The largest absolute Gasteiger partial charge is 0.0842 e. The summed E-state index contributed by atoms with van der Waals surface area (Å²) in [4.78, 5) is 0. The molecule has 0 aromatic heterocycles. The summed E-state index contributed by atoms with van der Waals surface area (Å²) in [6.45, 7) is 2.21. The molecule has 1 aliphatic rings. The molecule has 0 aromatic carbocycles. The first-order valence-electron chi connectivity index (χ1n) is 3.27. The van der Waals surface area contributed by atoms with Crippen LogP contribution in [0.15, 0.2) is 24.3 Å². The van der Waals surface area contributed by atoms with Crippen molar-refractivity contribution in [3.05, 3.63) is 24.3 Å². The van der Waals surface area contributed by atoms with Crippen molar-refractivity contribution in [2.75, 3.05) is 0 Å². The number of rotatable bonds is 1. The first-order chi connectivity index (χ1) is 3.93. The van der Waals surface area contributed by atoms with E-state index in [1.807, 2.05) is 0 Å². The maximum Gasteiger partial charge on any atom is -0.00559 e. The second-order valence-corrected chi connectivity index (χ2v) is 2.16. The van der Waals surface area contributed by atoms with Crippen molar-refractivity contribution in [3.63, 3.8) is 0 Å². The van der Waals surface area contributed by atoms with Gasteiger partial charge in [-0.05, 0) is 18.8 Å². The van der Waals surface area contributed by atoms with Gasteiger partial charge in [0.25, 0.3) is 0 Å². The van der Waals surface area contributed by atoms with E-state index in [0.717, 1.165) is 12.3 Å². The molecule has 0 bridgehead atoms. The maximum atomic E-state index is 2.28.